The molecule has 2 N–H and O–H groups in total. The van der Waals surface area contributed by atoms with E-state index in [1.165, 1.54) is 0 Å². The minimum atomic E-state index is -0.698. The molecule has 0 unspecified atom stereocenters. The van der Waals surface area contributed by atoms with E-state index < -0.39 is 11.8 Å². The van der Waals surface area contributed by atoms with Crippen molar-refractivity contribution >= 4 is 29.1 Å². The smallest absolute Gasteiger partial charge is 0.313 e. The summed E-state index contributed by atoms with van der Waals surface area (Å²) in [4.78, 5) is 24.7. The molecule has 1 fully saturated rings. The zero-order valence-electron chi connectivity index (χ0n) is 15.3. The quantitative estimate of drug-likeness (QED) is 0.791. The van der Waals surface area contributed by atoms with Gasteiger partial charge in [0.1, 0.15) is 0 Å². The summed E-state index contributed by atoms with van der Waals surface area (Å²) in [5.41, 5.74) is 2.30. The minimum Gasteiger partial charge on any atom is -0.381 e. The number of anilines is 1. The second kappa shape index (κ2) is 8.55. The molecule has 3 rings (SSSR count). The van der Waals surface area contributed by atoms with Crippen molar-refractivity contribution in [1.29, 1.82) is 0 Å². The zero-order valence-corrected chi connectivity index (χ0v) is 16.0. The number of hydrogen-bond acceptors (Lipinski definition) is 3. The van der Waals surface area contributed by atoms with Gasteiger partial charge >= 0.3 is 11.8 Å². The van der Waals surface area contributed by atoms with E-state index in [0.29, 0.717) is 30.5 Å². The van der Waals surface area contributed by atoms with Gasteiger partial charge in [-0.15, -0.1) is 0 Å². The van der Waals surface area contributed by atoms with Crippen LogP contribution >= 0.6 is 11.6 Å². The number of halogens is 1. The number of rotatable bonds is 4. The summed E-state index contributed by atoms with van der Waals surface area (Å²) in [6.45, 7) is 3.51. The maximum absolute atomic E-state index is 12.4. The number of amides is 2. The molecule has 1 heterocycles. The van der Waals surface area contributed by atoms with E-state index in [0.717, 1.165) is 24.0 Å². The van der Waals surface area contributed by atoms with E-state index >= 15 is 0 Å². The number of hydrogen-bond donors (Lipinski definition) is 2. The molecule has 0 aromatic heterocycles. The van der Waals surface area contributed by atoms with Crippen molar-refractivity contribution < 1.29 is 14.3 Å². The summed E-state index contributed by atoms with van der Waals surface area (Å²) in [6.07, 6.45) is 1.60. The highest BCUT2D eigenvalue weighted by Crippen LogP contribution is 2.34. The third-order valence-electron chi connectivity index (χ3n) is 5.08. The van der Waals surface area contributed by atoms with Gasteiger partial charge in [-0.25, -0.2) is 0 Å². The number of nitrogens with one attached hydrogen (secondary N) is 2. The average molecular weight is 387 g/mol. The Kier molecular flexibility index (Phi) is 6.14. The molecule has 0 atom stereocenters. The van der Waals surface area contributed by atoms with E-state index in [-0.39, 0.29) is 5.41 Å². The van der Waals surface area contributed by atoms with Crippen LogP contribution in [0.25, 0.3) is 0 Å². The van der Waals surface area contributed by atoms with E-state index in [9.17, 15) is 9.59 Å². The van der Waals surface area contributed by atoms with Crippen molar-refractivity contribution in [1.82, 2.24) is 5.32 Å². The highest BCUT2D eigenvalue weighted by molar-refractivity contribution is 6.40. The van der Waals surface area contributed by atoms with Gasteiger partial charge < -0.3 is 15.4 Å². The molecule has 1 aliphatic rings. The lowest BCUT2D eigenvalue weighted by atomic mass is 9.74. The molecule has 0 aliphatic carbocycles. The van der Waals surface area contributed by atoms with Crippen LogP contribution in [0.2, 0.25) is 5.02 Å². The predicted octanol–water partition coefficient (Wildman–Crippen LogP) is 3.45. The van der Waals surface area contributed by atoms with Crippen molar-refractivity contribution in [3.05, 3.63) is 64.7 Å². The second-order valence-electron chi connectivity index (χ2n) is 6.85. The van der Waals surface area contributed by atoms with E-state index in [4.69, 9.17) is 16.3 Å². The Morgan fingerprint density at radius 3 is 2.48 bits per heavy atom. The molecule has 2 aromatic carbocycles. The van der Waals surface area contributed by atoms with Crippen LogP contribution in [0.15, 0.2) is 48.5 Å². The normalized spacial score (nSPS) is 15.8. The monoisotopic (exact) mass is 386 g/mol. The number of carbonyl (C=O) groups is 2. The molecular weight excluding hydrogens is 364 g/mol. The first-order valence-electron chi connectivity index (χ1n) is 8.99. The van der Waals surface area contributed by atoms with Gasteiger partial charge in [0.05, 0.1) is 0 Å². The molecule has 2 aromatic rings. The average Bonchev–Trinajstić information content (AvgIpc) is 2.70. The van der Waals surface area contributed by atoms with E-state index in [1.54, 1.807) is 18.2 Å². The van der Waals surface area contributed by atoms with Gasteiger partial charge in [0.25, 0.3) is 0 Å². The van der Waals surface area contributed by atoms with Crippen molar-refractivity contribution in [2.75, 3.05) is 25.1 Å². The predicted molar refractivity (Wildman–Crippen MR) is 106 cm³/mol. The first-order chi connectivity index (χ1) is 13.0. The number of ether oxygens (including phenoxy) is 1. The van der Waals surface area contributed by atoms with E-state index in [2.05, 4.69) is 22.8 Å². The Labute approximate surface area is 164 Å². The fourth-order valence-corrected chi connectivity index (χ4v) is 3.53. The standard InChI is InChI=1S/C21H23ClN2O3/c1-15-7-8-17(22)13-18(15)24-20(26)19(25)23-14-21(9-11-27-12-10-21)16-5-3-2-4-6-16/h2-8,13H,9-12,14H2,1H3,(H,23,25)(H,24,26). The molecule has 0 saturated carbocycles. The lowest BCUT2D eigenvalue weighted by molar-refractivity contribution is -0.136. The van der Waals surface area contributed by atoms with Crippen molar-refractivity contribution in [2.45, 2.75) is 25.2 Å². The van der Waals surface area contributed by atoms with Gasteiger partial charge in [-0.2, -0.15) is 0 Å². The van der Waals surface area contributed by atoms with Crippen molar-refractivity contribution in [3.63, 3.8) is 0 Å². The summed E-state index contributed by atoms with van der Waals surface area (Å²) in [5.74, 6) is -1.35. The number of benzene rings is 2. The molecule has 5 nitrogen and oxygen atoms in total. The SMILES string of the molecule is Cc1ccc(Cl)cc1NC(=O)C(=O)NCC1(c2ccccc2)CCOCC1. The summed E-state index contributed by atoms with van der Waals surface area (Å²) >= 11 is 5.96. The van der Waals surface area contributed by atoms with Gasteiger partial charge in [0, 0.05) is 35.9 Å². The lowest BCUT2D eigenvalue weighted by Crippen LogP contribution is -2.47. The second-order valence-corrected chi connectivity index (χ2v) is 7.29. The zero-order chi connectivity index (χ0) is 19.3. The van der Waals surface area contributed by atoms with Crippen LogP contribution in [0, 0.1) is 6.92 Å². The highest BCUT2D eigenvalue weighted by Gasteiger charge is 2.35. The van der Waals surface area contributed by atoms with Gasteiger partial charge in [-0.3, -0.25) is 9.59 Å². The fraction of sp³-hybridized carbons (Fsp3) is 0.333. The molecule has 142 valence electrons. The van der Waals surface area contributed by atoms with E-state index in [1.807, 2.05) is 25.1 Å². The van der Waals surface area contributed by atoms with Crippen LogP contribution in [-0.2, 0) is 19.7 Å². The molecule has 1 aliphatic heterocycles. The number of carbonyl (C=O) groups excluding carboxylic acids is 2. The Hall–Kier alpha value is -2.37. The molecule has 2 amide bonds. The van der Waals surface area contributed by atoms with Crippen LogP contribution in [0.1, 0.15) is 24.0 Å². The Morgan fingerprint density at radius 1 is 1.07 bits per heavy atom. The Balaban J connectivity index is 1.67. The molecule has 6 heteroatoms. The summed E-state index contributed by atoms with van der Waals surface area (Å²) in [5, 5.41) is 5.94. The summed E-state index contributed by atoms with van der Waals surface area (Å²) in [6, 6.07) is 15.2. The maximum Gasteiger partial charge on any atom is 0.313 e. The number of aryl methyl sites for hydroxylation is 1. The maximum atomic E-state index is 12.4. The lowest BCUT2D eigenvalue weighted by Gasteiger charge is -2.37. The van der Waals surface area contributed by atoms with Gasteiger partial charge in [0.15, 0.2) is 0 Å². The Morgan fingerprint density at radius 2 is 1.78 bits per heavy atom. The highest BCUT2D eigenvalue weighted by atomic mass is 35.5. The first-order valence-corrected chi connectivity index (χ1v) is 9.37. The van der Waals surface area contributed by atoms with Gasteiger partial charge in [0.2, 0.25) is 0 Å². The van der Waals surface area contributed by atoms with Gasteiger partial charge in [-0.1, -0.05) is 48.0 Å². The molecule has 27 heavy (non-hydrogen) atoms. The molecule has 0 spiro atoms. The van der Waals surface area contributed by atoms with Crippen molar-refractivity contribution in [3.8, 4) is 0 Å². The van der Waals surface area contributed by atoms with Crippen LogP contribution in [0.5, 0.6) is 0 Å². The summed E-state index contributed by atoms with van der Waals surface area (Å²) in [7, 11) is 0. The third-order valence-corrected chi connectivity index (χ3v) is 5.31. The van der Waals surface area contributed by atoms with Crippen molar-refractivity contribution in [2.24, 2.45) is 0 Å². The summed E-state index contributed by atoms with van der Waals surface area (Å²) < 4.78 is 5.50. The molecular formula is C21H23ClN2O3. The Bertz CT molecular complexity index is 817. The third kappa shape index (κ3) is 4.67. The molecule has 0 radical (unpaired) electrons. The van der Waals surface area contributed by atoms with Crippen LogP contribution in [0.3, 0.4) is 0 Å². The van der Waals surface area contributed by atoms with Gasteiger partial charge in [-0.05, 0) is 43.0 Å². The molecule has 0 bridgehead atoms. The van der Waals surface area contributed by atoms with Crippen LogP contribution in [-0.4, -0.2) is 31.6 Å². The van der Waals surface area contributed by atoms with Crippen LogP contribution in [0.4, 0.5) is 5.69 Å². The first kappa shape index (κ1) is 19.4. The largest absolute Gasteiger partial charge is 0.381 e. The fourth-order valence-electron chi connectivity index (χ4n) is 3.36. The minimum absolute atomic E-state index is 0.221. The molecule has 1 saturated heterocycles. The topological polar surface area (TPSA) is 67.4 Å². The van der Waals surface area contributed by atoms with Crippen LogP contribution < -0.4 is 10.6 Å².